The molecule has 8 heteroatoms. The Labute approximate surface area is 232 Å². The molecule has 4 N–H and O–H groups in total. The first kappa shape index (κ1) is 25.9. The molecule has 0 radical (unpaired) electrons. The van der Waals surface area contributed by atoms with Crippen LogP contribution in [-0.4, -0.2) is 23.8 Å². The molecule has 1 aromatic heterocycles. The SMILES string of the molecule is COc1ccc(C2NCCc3c2[nH]c2ccc(OCc4ccccc4)cc32)cc1COc1ccc([NH+]([O-])O)cc1. The molecule has 0 saturated heterocycles. The normalized spacial score (nSPS) is 15.4. The number of nitrogens with one attached hydrogen (secondary N) is 3. The maximum absolute atomic E-state index is 11.1. The van der Waals surface area contributed by atoms with E-state index in [9.17, 15) is 5.21 Å². The van der Waals surface area contributed by atoms with Crippen molar-refractivity contribution < 1.29 is 24.6 Å². The van der Waals surface area contributed by atoms with Crippen molar-refractivity contribution >= 4 is 16.6 Å². The molecule has 6 rings (SSSR count). The number of hydrogen-bond donors (Lipinski definition) is 4. The highest BCUT2D eigenvalue weighted by atomic mass is 16.8. The highest BCUT2D eigenvalue weighted by molar-refractivity contribution is 5.86. The van der Waals surface area contributed by atoms with Gasteiger partial charge in [0.1, 0.15) is 30.5 Å². The fourth-order valence-electron chi connectivity index (χ4n) is 5.27. The summed E-state index contributed by atoms with van der Waals surface area (Å²) in [5.41, 5.74) is 6.92. The van der Waals surface area contributed by atoms with E-state index in [2.05, 4.69) is 46.7 Å². The van der Waals surface area contributed by atoms with E-state index < -0.39 is 5.23 Å². The predicted molar refractivity (Wildman–Crippen MR) is 152 cm³/mol. The Morgan fingerprint density at radius 3 is 2.45 bits per heavy atom. The molecule has 2 unspecified atom stereocenters. The van der Waals surface area contributed by atoms with Crippen LogP contribution >= 0.6 is 0 Å². The minimum Gasteiger partial charge on any atom is -0.595 e. The van der Waals surface area contributed by atoms with Crippen molar-refractivity contribution in [3.63, 3.8) is 0 Å². The second kappa shape index (κ2) is 11.4. The number of quaternary nitrogens is 1. The second-order valence-corrected chi connectivity index (χ2v) is 9.83. The zero-order valence-electron chi connectivity index (χ0n) is 22.1. The minimum atomic E-state index is -0.965. The molecule has 5 aromatic rings. The van der Waals surface area contributed by atoms with Crippen LogP contribution in [0.3, 0.4) is 0 Å². The molecule has 40 heavy (non-hydrogen) atoms. The number of aromatic nitrogens is 1. The van der Waals surface area contributed by atoms with E-state index in [-0.39, 0.29) is 18.3 Å². The third kappa shape index (κ3) is 5.38. The summed E-state index contributed by atoms with van der Waals surface area (Å²) in [5.74, 6) is 2.18. The maximum atomic E-state index is 11.1. The molecule has 0 saturated carbocycles. The van der Waals surface area contributed by atoms with Gasteiger partial charge < -0.3 is 29.7 Å². The monoisotopic (exact) mass is 537 g/mol. The van der Waals surface area contributed by atoms with E-state index in [0.717, 1.165) is 52.4 Å². The first-order valence-corrected chi connectivity index (χ1v) is 13.3. The highest BCUT2D eigenvalue weighted by Gasteiger charge is 2.26. The van der Waals surface area contributed by atoms with Crippen LogP contribution in [0, 0.1) is 5.21 Å². The van der Waals surface area contributed by atoms with Crippen molar-refractivity contribution in [2.45, 2.75) is 25.7 Å². The van der Waals surface area contributed by atoms with Gasteiger partial charge in [0.25, 0.3) is 0 Å². The van der Waals surface area contributed by atoms with Crippen LogP contribution in [0.25, 0.3) is 10.9 Å². The molecule has 8 nitrogen and oxygen atoms in total. The average Bonchev–Trinajstić information content (AvgIpc) is 3.38. The molecular formula is C32H31N3O5. The predicted octanol–water partition coefficient (Wildman–Crippen LogP) is 4.97. The summed E-state index contributed by atoms with van der Waals surface area (Å²) in [4.78, 5) is 3.66. The fourth-order valence-corrected chi connectivity index (χ4v) is 5.27. The number of ether oxygens (including phenoxy) is 3. The molecule has 1 aliphatic rings. The topological polar surface area (TPSA) is 103 Å². The van der Waals surface area contributed by atoms with Gasteiger partial charge in [0, 0.05) is 40.8 Å². The van der Waals surface area contributed by atoms with Gasteiger partial charge in [0.2, 0.25) is 0 Å². The summed E-state index contributed by atoms with van der Waals surface area (Å²) in [5, 5.41) is 24.2. The lowest BCUT2D eigenvalue weighted by atomic mass is 9.93. The summed E-state index contributed by atoms with van der Waals surface area (Å²) >= 11 is 0. The first-order chi connectivity index (χ1) is 19.6. The molecule has 0 bridgehead atoms. The molecule has 0 fully saturated rings. The number of methoxy groups -OCH3 is 1. The molecule has 0 aliphatic carbocycles. The van der Waals surface area contributed by atoms with Crippen molar-refractivity contribution in [1.82, 2.24) is 10.3 Å². The zero-order valence-corrected chi connectivity index (χ0v) is 22.1. The van der Waals surface area contributed by atoms with Crippen molar-refractivity contribution in [3.8, 4) is 17.2 Å². The van der Waals surface area contributed by atoms with Crippen LogP contribution in [0.1, 0.15) is 34.0 Å². The highest BCUT2D eigenvalue weighted by Crippen LogP contribution is 2.36. The number of rotatable bonds is 9. The summed E-state index contributed by atoms with van der Waals surface area (Å²) in [6, 6.07) is 29.0. The van der Waals surface area contributed by atoms with Crippen LogP contribution in [-0.2, 0) is 19.6 Å². The molecule has 0 spiro atoms. The van der Waals surface area contributed by atoms with Crippen LogP contribution in [0.2, 0.25) is 0 Å². The number of H-pyrrole nitrogens is 1. The van der Waals surface area contributed by atoms with Crippen molar-refractivity contribution in [2.75, 3.05) is 13.7 Å². The fraction of sp³-hybridized carbons (Fsp3) is 0.188. The summed E-state index contributed by atoms with van der Waals surface area (Å²) in [7, 11) is 1.65. The quantitative estimate of drug-likeness (QED) is 0.198. The molecular weight excluding hydrogens is 506 g/mol. The Kier molecular flexibility index (Phi) is 7.39. The standard InChI is InChI=1S/C32H31N3O5/c1-38-30-14-7-22(17-23(30)20-40-25-10-8-24(9-11-25)35(36)37)31-32-27(15-16-33-31)28-18-26(12-13-29(28)34-32)39-19-21-5-3-2-4-6-21/h2-14,17-18,31,33-36H,15-16,19-20H2,1H3. The van der Waals surface area contributed by atoms with Gasteiger partial charge in [0.15, 0.2) is 5.69 Å². The zero-order chi connectivity index (χ0) is 27.5. The first-order valence-electron chi connectivity index (χ1n) is 13.3. The van der Waals surface area contributed by atoms with Gasteiger partial charge in [-0.3, -0.25) is 0 Å². The summed E-state index contributed by atoms with van der Waals surface area (Å²) in [6.45, 7) is 1.68. The molecule has 4 aromatic carbocycles. The van der Waals surface area contributed by atoms with Crippen LogP contribution in [0.5, 0.6) is 17.2 Å². The third-order valence-corrected chi connectivity index (χ3v) is 7.30. The summed E-state index contributed by atoms with van der Waals surface area (Å²) in [6.07, 6.45) is 0.923. The van der Waals surface area contributed by atoms with Crippen molar-refractivity contribution in [1.29, 1.82) is 0 Å². The van der Waals surface area contributed by atoms with Crippen molar-refractivity contribution in [3.05, 3.63) is 124 Å². The lowest BCUT2D eigenvalue weighted by molar-refractivity contribution is -0.991. The van der Waals surface area contributed by atoms with Crippen LogP contribution in [0.4, 0.5) is 5.69 Å². The molecule has 204 valence electrons. The molecule has 1 aliphatic heterocycles. The van der Waals surface area contributed by atoms with Gasteiger partial charge in [-0.05, 0) is 65.6 Å². The minimum absolute atomic E-state index is 0.00987. The summed E-state index contributed by atoms with van der Waals surface area (Å²) < 4.78 is 17.7. The van der Waals surface area contributed by atoms with Gasteiger partial charge in [-0.15, -0.1) is 0 Å². The van der Waals surface area contributed by atoms with E-state index in [0.29, 0.717) is 12.4 Å². The van der Waals surface area contributed by atoms with Crippen LogP contribution in [0.15, 0.2) is 91.0 Å². The Balaban J connectivity index is 1.24. The Morgan fingerprint density at radius 1 is 0.900 bits per heavy atom. The van der Waals surface area contributed by atoms with Gasteiger partial charge in [-0.25, -0.2) is 5.21 Å². The number of fused-ring (bicyclic) bond motifs is 3. The van der Waals surface area contributed by atoms with E-state index in [1.54, 1.807) is 19.2 Å². The van der Waals surface area contributed by atoms with Crippen LogP contribution < -0.4 is 24.8 Å². The van der Waals surface area contributed by atoms with Gasteiger partial charge in [0.05, 0.1) is 13.2 Å². The van der Waals surface area contributed by atoms with E-state index in [1.165, 1.54) is 23.1 Å². The lowest BCUT2D eigenvalue weighted by Gasteiger charge is -2.25. The van der Waals surface area contributed by atoms with E-state index in [4.69, 9.17) is 19.4 Å². The van der Waals surface area contributed by atoms with Gasteiger partial charge in [-0.1, -0.05) is 36.4 Å². The van der Waals surface area contributed by atoms with E-state index in [1.807, 2.05) is 30.3 Å². The number of benzene rings is 4. The molecule has 2 heterocycles. The second-order valence-electron chi connectivity index (χ2n) is 9.83. The van der Waals surface area contributed by atoms with Gasteiger partial charge in [-0.2, -0.15) is 5.23 Å². The average molecular weight is 538 g/mol. The van der Waals surface area contributed by atoms with E-state index >= 15 is 0 Å². The molecule has 0 amide bonds. The van der Waals surface area contributed by atoms with Crippen molar-refractivity contribution in [2.24, 2.45) is 0 Å². The maximum Gasteiger partial charge on any atom is 0.164 e. The third-order valence-electron chi connectivity index (χ3n) is 7.30. The Bertz CT molecular complexity index is 1600. The smallest absolute Gasteiger partial charge is 0.164 e. The largest absolute Gasteiger partial charge is 0.595 e. The molecule has 2 atom stereocenters. The Morgan fingerprint density at radius 2 is 1.68 bits per heavy atom. The van der Waals surface area contributed by atoms with Gasteiger partial charge >= 0.3 is 0 Å². The number of aromatic amines is 1. The number of hydrogen-bond acceptors (Lipinski definition) is 6. The Hall–Kier alpha value is -4.34. The lowest BCUT2D eigenvalue weighted by Crippen LogP contribution is -2.99.